The predicted octanol–water partition coefficient (Wildman–Crippen LogP) is 1.57. The summed E-state index contributed by atoms with van der Waals surface area (Å²) in [7, 11) is 2.02. The number of rotatable bonds is 6. The molecule has 0 bridgehead atoms. The zero-order valence-corrected chi connectivity index (χ0v) is 9.58. The van der Waals surface area contributed by atoms with E-state index in [0.717, 1.165) is 19.6 Å². The highest BCUT2D eigenvalue weighted by Gasteiger charge is 2.23. The molecule has 1 fully saturated rings. The fourth-order valence-electron chi connectivity index (χ4n) is 1.85. The normalized spacial score (nSPS) is 27.4. The highest BCUT2D eigenvalue weighted by Crippen LogP contribution is 2.21. The van der Waals surface area contributed by atoms with Crippen LogP contribution in [0.5, 0.6) is 0 Å². The summed E-state index contributed by atoms with van der Waals surface area (Å²) in [6, 6.07) is 0.658. The Labute approximate surface area is 87.2 Å². The van der Waals surface area contributed by atoms with Crippen molar-refractivity contribution in [3.05, 3.63) is 0 Å². The number of nitrogens with one attached hydrogen (secondary N) is 1. The Bertz CT molecular complexity index is 150. The van der Waals surface area contributed by atoms with E-state index in [-0.39, 0.29) is 0 Å². The number of hydrogen-bond donors (Lipinski definition) is 1. The lowest BCUT2D eigenvalue weighted by atomic mass is 10.2. The minimum Gasteiger partial charge on any atom is -0.376 e. The first kappa shape index (κ1) is 12.0. The van der Waals surface area contributed by atoms with Gasteiger partial charge in [0.2, 0.25) is 0 Å². The van der Waals surface area contributed by atoms with Gasteiger partial charge in [-0.15, -0.1) is 0 Å². The topological polar surface area (TPSA) is 30.5 Å². The Balaban J connectivity index is 1.97. The summed E-state index contributed by atoms with van der Waals surface area (Å²) < 4.78 is 11.1. The zero-order chi connectivity index (χ0) is 10.4. The molecular weight excluding hydrogens is 178 g/mol. The molecule has 3 heteroatoms. The summed E-state index contributed by atoms with van der Waals surface area (Å²) in [5.41, 5.74) is 0. The third-order valence-electron chi connectivity index (χ3n) is 2.68. The van der Waals surface area contributed by atoms with Gasteiger partial charge in [0.05, 0.1) is 25.4 Å². The summed E-state index contributed by atoms with van der Waals surface area (Å²) in [6.45, 7) is 5.55. The van der Waals surface area contributed by atoms with Crippen LogP contribution in [0.1, 0.15) is 33.1 Å². The highest BCUT2D eigenvalue weighted by atomic mass is 16.5. The molecule has 0 aliphatic heterocycles. The molecule has 84 valence electrons. The molecule has 3 nitrogen and oxygen atoms in total. The van der Waals surface area contributed by atoms with Crippen LogP contribution in [0.4, 0.5) is 0 Å². The molecule has 1 rings (SSSR count). The van der Waals surface area contributed by atoms with Gasteiger partial charge in [0.15, 0.2) is 0 Å². The molecule has 0 aromatic heterocycles. The molecule has 1 N–H and O–H groups in total. The molecule has 0 spiro atoms. The lowest BCUT2D eigenvalue weighted by Gasteiger charge is -2.13. The Morgan fingerprint density at radius 3 is 2.64 bits per heavy atom. The van der Waals surface area contributed by atoms with Crippen LogP contribution in [-0.2, 0) is 9.47 Å². The SMILES string of the molecule is CNC1CCC(OCCOC(C)C)C1. The third kappa shape index (κ3) is 4.40. The zero-order valence-electron chi connectivity index (χ0n) is 9.58. The second-order valence-electron chi connectivity index (χ2n) is 4.21. The van der Waals surface area contributed by atoms with Crippen LogP contribution in [0.25, 0.3) is 0 Å². The average Bonchev–Trinajstić information content (AvgIpc) is 2.60. The Morgan fingerprint density at radius 1 is 1.29 bits per heavy atom. The minimum atomic E-state index is 0.312. The summed E-state index contributed by atoms with van der Waals surface area (Å²) in [5, 5.41) is 3.29. The Morgan fingerprint density at radius 2 is 2.07 bits per heavy atom. The van der Waals surface area contributed by atoms with Crippen molar-refractivity contribution in [1.82, 2.24) is 5.32 Å². The molecule has 0 aromatic carbocycles. The first-order chi connectivity index (χ1) is 6.72. The molecule has 0 aromatic rings. The van der Waals surface area contributed by atoms with Gasteiger partial charge >= 0.3 is 0 Å². The van der Waals surface area contributed by atoms with E-state index in [2.05, 4.69) is 5.32 Å². The van der Waals surface area contributed by atoms with Crippen LogP contribution in [0, 0.1) is 0 Å². The third-order valence-corrected chi connectivity index (χ3v) is 2.68. The molecule has 2 unspecified atom stereocenters. The molecule has 0 radical (unpaired) electrons. The molecule has 1 aliphatic carbocycles. The number of ether oxygens (including phenoxy) is 2. The maximum atomic E-state index is 5.72. The van der Waals surface area contributed by atoms with Gasteiger partial charge in [-0.3, -0.25) is 0 Å². The largest absolute Gasteiger partial charge is 0.376 e. The molecule has 0 amide bonds. The second kappa shape index (κ2) is 6.38. The summed E-state index contributed by atoms with van der Waals surface area (Å²) in [6.07, 6.45) is 4.34. The molecule has 0 saturated heterocycles. The van der Waals surface area contributed by atoms with Gasteiger partial charge in [0.1, 0.15) is 0 Å². The van der Waals surface area contributed by atoms with E-state index < -0.39 is 0 Å². The van der Waals surface area contributed by atoms with Crippen molar-refractivity contribution in [2.24, 2.45) is 0 Å². The smallest absolute Gasteiger partial charge is 0.0704 e. The van der Waals surface area contributed by atoms with Crippen molar-refractivity contribution in [3.8, 4) is 0 Å². The van der Waals surface area contributed by atoms with Crippen LogP contribution in [0.15, 0.2) is 0 Å². The van der Waals surface area contributed by atoms with Gasteiger partial charge in [-0.05, 0) is 40.2 Å². The summed E-state index contributed by atoms with van der Waals surface area (Å²) >= 11 is 0. The van der Waals surface area contributed by atoms with Gasteiger partial charge < -0.3 is 14.8 Å². The molecule has 2 atom stereocenters. The van der Waals surface area contributed by atoms with Gasteiger partial charge in [-0.1, -0.05) is 0 Å². The summed E-state index contributed by atoms with van der Waals surface area (Å²) in [5.74, 6) is 0. The molecule has 0 heterocycles. The highest BCUT2D eigenvalue weighted by molar-refractivity contribution is 4.79. The quantitative estimate of drug-likeness (QED) is 0.662. The van der Waals surface area contributed by atoms with E-state index in [1.54, 1.807) is 0 Å². The lowest BCUT2D eigenvalue weighted by Crippen LogP contribution is -2.23. The van der Waals surface area contributed by atoms with Crippen molar-refractivity contribution in [2.75, 3.05) is 20.3 Å². The lowest BCUT2D eigenvalue weighted by molar-refractivity contribution is -0.0105. The van der Waals surface area contributed by atoms with Gasteiger partial charge in [0, 0.05) is 6.04 Å². The predicted molar refractivity (Wildman–Crippen MR) is 57.5 cm³/mol. The fraction of sp³-hybridized carbons (Fsp3) is 1.00. The van der Waals surface area contributed by atoms with Crippen molar-refractivity contribution in [1.29, 1.82) is 0 Å². The summed E-state index contributed by atoms with van der Waals surface area (Å²) in [4.78, 5) is 0. The maximum absolute atomic E-state index is 5.72. The van der Waals surface area contributed by atoms with Crippen molar-refractivity contribution in [2.45, 2.75) is 51.4 Å². The second-order valence-corrected chi connectivity index (χ2v) is 4.21. The van der Waals surface area contributed by atoms with Gasteiger partial charge in [-0.2, -0.15) is 0 Å². The van der Waals surface area contributed by atoms with Crippen LogP contribution < -0.4 is 5.32 Å². The molecule has 14 heavy (non-hydrogen) atoms. The minimum absolute atomic E-state index is 0.312. The molecule has 1 saturated carbocycles. The van der Waals surface area contributed by atoms with Crippen LogP contribution in [0.3, 0.4) is 0 Å². The van der Waals surface area contributed by atoms with E-state index in [4.69, 9.17) is 9.47 Å². The molecular formula is C11H23NO2. The van der Waals surface area contributed by atoms with E-state index in [1.807, 2.05) is 20.9 Å². The fourth-order valence-corrected chi connectivity index (χ4v) is 1.85. The average molecular weight is 201 g/mol. The van der Waals surface area contributed by atoms with E-state index >= 15 is 0 Å². The first-order valence-corrected chi connectivity index (χ1v) is 5.63. The van der Waals surface area contributed by atoms with Crippen molar-refractivity contribution < 1.29 is 9.47 Å². The van der Waals surface area contributed by atoms with Crippen LogP contribution >= 0.6 is 0 Å². The monoisotopic (exact) mass is 201 g/mol. The molecule has 1 aliphatic rings. The van der Waals surface area contributed by atoms with Crippen molar-refractivity contribution in [3.63, 3.8) is 0 Å². The van der Waals surface area contributed by atoms with Gasteiger partial charge in [-0.25, -0.2) is 0 Å². The standard InChI is InChI=1S/C11H23NO2/c1-9(2)13-6-7-14-11-5-4-10(8-11)12-3/h9-12H,4-8H2,1-3H3. The number of hydrogen-bond acceptors (Lipinski definition) is 3. The van der Waals surface area contributed by atoms with Crippen molar-refractivity contribution >= 4 is 0 Å². The Kier molecular flexibility index (Phi) is 5.45. The van der Waals surface area contributed by atoms with Gasteiger partial charge in [0.25, 0.3) is 0 Å². The first-order valence-electron chi connectivity index (χ1n) is 5.63. The van der Waals surface area contributed by atoms with Crippen LogP contribution in [0.2, 0.25) is 0 Å². The van der Waals surface area contributed by atoms with E-state index in [0.29, 0.717) is 18.2 Å². The van der Waals surface area contributed by atoms with Crippen LogP contribution in [-0.4, -0.2) is 38.5 Å². The maximum Gasteiger partial charge on any atom is 0.0704 e. The van der Waals surface area contributed by atoms with E-state index in [9.17, 15) is 0 Å². The van der Waals surface area contributed by atoms with E-state index in [1.165, 1.54) is 12.8 Å². The Hall–Kier alpha value is -0.120.